The maximum Gasteiger partial charge on any atom is 0.309 e. The van der Waals surface area contributed by atoms with Crippen molar-refractivity contribution in [3.63, 3.8) is 0 Å². The third-order valence-electron chi connectivity index (χ3n) is 4.97. The molecule has 0 spiro atoms. The molecule has 1 heterocycles. The Balaban J connectivity index is 2.05. The van der Waals surface area contributed by atoms with Crippen molar-refractivity contribution in [2.75, 3.05) is 0 Å². The van der Waals surface area contributed by atoms with Crippen LogP contribution in [0.4, 0.5) is 0 Å². The van der Waals surface area contributed by atoms with Crippen LogP contribution in [-0.4, -0.2) is 29.1 Å². The van der Waals surface area contributed by atoms with Gasteiger partial charge in [0, 0.05) is 18.3 Å². The van der Waals surface area contributed by atoms with Gasteiger partial charge in [-0.15, -0.1) is 0 Å². The monoisotopic (exact) mass is 262 g/mol. The van der Waals surface area contributed by atoms with Crippen LogP contribution < -0.4 is 0 Å². The van der Waals surface area contributed by atoms with E-state index in [1.807, 2.05) is 0 Å². The summed E-state index contributed by atoms with van der Waals surface area (Å²) in [4.78, 5) is 23.7. The highest BCUT2D eigenvalue weighted by Crippen LogP contribution is 2.51. The fourth-order valence-electron chi connectivity index (χ4n) is 3.89. The standard InChI is InChI=1S/C15H18O4/c1-6-4-11(17)13-8(3)15(18)19-14(13)12-7(2)10(16)5-9(6)12/h8-9,11-14,17H,1-2,4-5H2,3H3/t8-,9-,11-,12-,13+,14+/m0/s1. The number of hydrogen-bond acceptors (Lipinski definition) is 4. The minimum absolute atomic E-state index is 0.0295. The van der Waals surface area contributed by atoms with E-state index >= 15 is 0 Å². The molecule has 0 radical (unpaired) electrons. The van der Waals surface area contributed by atoms with Gasteiger partial charge in [-0.3, -0.25) is 9.59 Å². The lowest BCUT2D eigenvalue weighted by Gasteiger charge is -2.26. The van der Waals surface area contributed by atoms with E-state index in [1.54, 1.807) is 6.92 Å². The first-order valence-corrected chi connectivity index (χ1v) is 6.70. The maximum atomic E-state index is 11.9. The molecule has 1 N–H and O–H groups in total. The predicted molar refractivity (Wildman–Crippen MR) is 68.0 cm³/mol. The fraction of sp³-hybridized carbons (Fsp3) is 0.600. The lowest BCUT2D eigenvalue weighted by Crippen LogP contribution is -2.35. The number of aliphatic hydroxyl groups is 1. The summed E-state index contributed by atoms with van der Waals surface area (Å²) in [6.45, 7) is 9.66. The molecule has 1 saturated heterocycles. The molecule has 4 nitrogen and oxygen atoms in total. The SMILES string of the molecule is C=C1C(=O)C[C@H]2C(=C)C[C@H](O)[C@@H]3[C@H](OC(=O)[C@H]3C)[C@@H]12. The van der Waals surface area contributed by atoms with E-state index in [9.17, 15) is 14.7 Å². The van der Waals surface area contributed by atoms with Crippen LogP contribution in [-0.2, 0) is 14.3 Å². The van der Waals surface area contributed by atoms with Gasteiger partial charge < -0.3 is 9.84 Å². The number of rotatable bonds is 0. The van der Waals surface area contributed by atoms with Crippen LogP contribution in [0.2, 0.25) is 0 Å². The second-order valence-electron chi connectivity index (χ2n) is 5.98. The van der Waals surface area contributed by atoms with Crippen LogP contribution >= 0.6 is 0 Å². The molecule has 0 aromatic carbocycles. The van der Waals surface area contributed by atoms with E-state index in [0.29, 0.717) is 18.4 Å². The van der Waals surface area contributed by atoms with Crippen molar-refractivity contribution in [3.05, 3.63) is 24.3 Å². The highest BCUT2D eigenvalue weighted by molar-refractivity contribution is 5.98. The summed E-state index contributed by atoms with van der Waals surface area (Å²) >= 11 is 0. The summed E-state index contributed by atoms with van der Waals surface area (Å²) < 4.78 is 5.46. The van der Waals surface area contributed by atoms with E-state index in [4.69, 9.17) is 4.74 Å². The molecule has 102 valence electrons. The Labute approximate surface area is 112 Å². The molecule has 4 heteroatoms. The Bertz CT molecular complexity index is 492. The van der Waals surface area contributed by atoms with Crippen molar-refractivity contribution in [3.8, 4) is 0 Å². The first-order valence-electron chi connectivity index (χ1n) is 6.70. The molecule has 19 heavy (non-hydrogen) atoms. The summed E-state index contributed by atoms with van der Waals surface area (Å²) in [6, 6.07) is 0. The molecule has 0 aromatic heterocycles. The van der Waals surface area contributed by atoms with Gasteiger partial charge in [0.2, 0.25) is 0 Å². The van der Waals surface area contributed by atoms with Gasteiger partial charge in [0.25, 0.3) is 0 Å². The largest absolute Gasteiger partial charge is 0.461 e. The summed E-state index contributed by atoms with van der Waals surface area (Å²) in [5, 5.41) is 10.3. The van der Waals surface area contributed by atoms with Crippen molar-refractivity contribution >= 4 is 11.8 Å². The minimum atomic E-state index is -0.632. The number of esters is 1. The molecular formula is C15H18O4. The van der Waals surface area contributed by atoms with Gasteiger partial charge in [-0.25, -0.2) is 0 Å². The molecule has 0 bridgehead atoms. The van der Waals surface area contributed by atoms with Crippen LogP contribution in [0.3, 0.4) is 0 Å². The second-order valence-corrected chi connectivity index (χ2v) is 5.98. The van der Waals surface area contributed by atoms with E-state index in [-0.39, 0.29) is 35.4 Å². The Kier molecular flexibility index (Phi) is 2.68. The molecule has 3 fully saturated rings. The molecule has 6 atom stereocenters. The zero-order valence-electron chi connectivity index (χ0n) is 11.0. The number of hydrogen-bond donors (Lipinski definition) is 1. The number of fused-ring (bicyclic) bond motifs is 3. The van der Waals surface area contributed by atoms with Crippen LogP contribution in [0.1, 0.15) is 19.8 Å². The quantitative estimate of drug-likeness (QED) is 0.405. The van der Waals surface area contributed by atoms with Crippen molar-refractivity contribution in [2.24, 2.45) is 23.7 Å². The van der Waals surface area contributed by atoms with Gasteiger partial charge in [-0.1, -0.05) is 25.7 Å². The van der Waals surface area contributed by atoms with Gasteiger partial charge in [0.1, 0.15) is 6.10 Å². The Hall–Kier alpha value is -1.42. The highest BCUT2D eigenvalue weighted by Gasteiger charge is 2.56. The highest BCUT2D eigenvalue weighted by atomic mass is 16.6. The molecular weight excluding hydrogens is 244 g/mol. The van der Waals surface area contributed by atoms with Crippen LogP contribution in [0.15, 0.2) is 24.3 Å². The maximum absolute atomic E-state index is 11.9. The molecule has 3 rings (SSSR count). The van der Waals surface area contributed by atoms with Crippen molar-refractivity contribution < 1.29 is 19.4 Å². The molecule has 2 aliphatic carbocycles. The van der Waals surface area contributed by atoms with E-state index in [0.717, 1.165) is 5.57 Å². The Morgan fingerprint density at radius 1 is 1.26 bits per heavy atom. The third-order valence-corrected chi connectivity index (χ3v) is 4.97. The summed E-state index contributed by atoms with van der Waals surface area (Å²) in [7, 11) is 0. The predicted octanol–water partition coefficient (Wildman–Crippen LogP) is 1.25. The Morgan fingerprint density at radius 3 is 2.63 bits per heavy atom. The molecule has 1 aliphatic heterocycles. The summed E-state index contributed by atoms with van der Waals surface area (Å²) in [6.07, 6.45) is -0.248. The van der Waals surface area contributed by atoms with Gasteiger partial charge >= 0.3 is 5.97 Å². The summed E-state index contributed by atoms with van der Waals surface area (Å²) in [5.74, 6) is -1.09. The molecule has 0 amide bonds. The van der Waals surface area contributed by atoms with Gasteiger partial charge in [0.05, 0.1) is 12.0 Å². The fourth-order valence-corrected chi connectivity index (χ4v) is 3.89. The number of Topliss-reactive ketones (excluding diaryl/α,β-unsaturated/α-hetero) is 1. The number of aliphatic hydroxyl groups excluding tert-OH is 1. The smallest absolute Gasteiger partial charge is 0.309 e. The van der Waals surface area contributed by atoms with Gasteiger partial charge in [0.15, 0.2) is 5.78 Å². The molecule has 0 aromatic rings. The molecule has 0 unspecified atom stereocenters. The number of ether oxygens (including phenoxy) is 1. The number of ketones is 1. The normalized spacial score (nSPS) is 45.8. The van der Waals surface area contributed by atoms with Crippen molar-refractivity contribution in [2.45, 2.75) is 32.0 Å². The van der Waals surface area contributed by atoms with Crippen LogP contribution in [0, 0.1) is 23.7 Å². The van der Waals surface area contributed by atoms with Crippen LogP contribution in [0.5, 0.6) is 0 Å². The zero-order chi connectivity index (χ0) is 13.9. The van der Waals surface area contributed by atoms with Crippen molar-refractivity contribution in [1.82, 2.24) is 0 Å². The van der Waals surface area contributed by atoms with E-state index < -0.39 is 12.2 Å². The average Bonchev–Trinajstić information content (AvgIpc) is 2.75. The van der Waals surface area contributed by atoms with Gasteiger partial charge in [-0.2, -0.15) is 0 Å². The lowest BCUT2D eigenvalue weighted by molar-refractivity contribution is -0.145. The number of carbonyl (C=O) groups is 2. The van der Waals surface area contributed by atoms with Gasteiger partial charge in [-0.05, 0) is 17.9 Å². The third kappa shape index (κ3) is 1.62. The summed E-state index contributed by atoms with van der Waals surface area (Å²) in [5.41, 5.74) is 1.40. The van der Waals surface area contributed by atoms with E-state index in [1.165, 1.54) is 0 Å². The minimum Gasteiger partial charge on any atom is -0.461 e. The Morgan fingerprint density at radius 2 is 1.95 bits per heavy atom. The topological polar surface area (TPSA) is 63.6 Å². The second kappa shape index (κ2) is 4.04. The first-order chi connectivity index (χ1) is 8.91. The van der Waals surface area contributed by atoms with Crippen LogP contribution in [0.25, 0.3) is 0 Å². The van der Waals surface area contributed by atoms with E-state index in [2.05, 4.69) is 13.2 Å². The first kappa shape index (κ1) is 12.6. The molecule has 2 saturated carbocycles. The lowest BCUT2D eigenvalue weighted by atomic mass is 9.79. The average molecular weight is 262 g/mol. The molecule has 3 aliphatic rings. The van der Waals surface area contributed by atoms with Crippen molar-refractivity contribution in [1.29, 1.82) is 0 Å². The number of carbonyl (C=O) groups excluding carboxylic acids is 2. The zero-order valence-corrected chi connectivity index (χ0v) is 11.0.